The van der Waals surface area contributed by atoms with Crippen molar-refractivity contribution in [2.75, 3.05) is 13.1 Å². The fraction of sp³-hybridized carbons (Fsp3) is 0.889. The fourth-order valence-electron chi connectivity index (χ4n) is 3.09. The highest BCUT2D eigenvalue weighted by Gasteiger charge is 2.48. The van der Waals surface area contributed by atoms with E-state index in [9.17, 15) is 9.59 Å². The first kappa shape index (κ1) is 23.4. The molecular weight excluding hydrogens is 332 g/mol. The van der Waals surface area contributed by atoms with E-state index < -0.39 is 16.1 Å². The summed E-state index contributed by atoms with van der Waals surface area (Å²) in [7, 11) is -3.66. The summed E-state index contributed by atoms with van der Waals surface area (Å²) in [5.74, 6) is 0.196. The van der Waals surface area contributed by atoms with Crippen molar-refractivity contribution in [3.8, 4) is 0 Å². The summed E-state index contributed by atoms with van der Waals surface area (Å²) >= 11 is 0. The van der Waals surface area contributed by atoms with Gasteiger partial charge in [0.1, 0.15) is 0 Å². The Hall–Kier alpha value is -0.626. The highest BCUT2D eigenvalue weighted by Crippen LogP contribution is 2.41. The molecule has 0 radical (unpaired) electrons. The molecule has 0 spiro atoms. The van der Waals surface area contributed by atoms with Crippen LogP contribution in [-0.2, 0) is 9.59 Å². The molecule has 2 amide bonds. The average molecular weight is 373 g/mol. The molecule has 0 aromatic rings. The van der Waals surface area contributed by atoms with E-state index in [2.05, 4.69) is 63.8 Å². The van der Waals surface area contributed by atoms with E-state index >= 15 is 0 Å². The van der Waals surface area contributed by atoms with Crippen molar-refractivity contribution < 1.29 is 9.59 Å². The summed E-state index contributed by atoms with van der Waals surface area (Å²) in [5.41, 5.74) is -0.301. The first-order chi connectivity index (χ1) is 11.0. The van der Waals surface area contributed by atoms with Crippen LogP contribution in [0.1, 0.15) is 39.5 Å². The molecule has 0 saturated carbocycles. The SMILES string of the molecule is CCCCNC(=O)[C@@H]([C@H](C(=O)NCCCC)[Si](C)(C)C)[Si](C)(C)C. The Kier molecular flexibility index (Phi) is 10.1. The van der Waals surface area contributed by atoms with Crippen LogP contribution in [0.2, 0.25) is 50.4 Å². The summed E-state index contributed by atoms with van der Waals surface area (Å²) in [4.78, 5) is 25.9. The molecule has 0 unspecified atom stereocenters. The highest BCUT2D eigenvalue weighted by atomic mass is 28.3. The molecule has 0 fully saturated rings. The zero-order chi connectivity index (χ0) is 19.0. The molecule has 2 N–H and O–H groups in total. The van der Waals surface area contributed by atoms with E-state index in [4.69, 9.17) is 0 Å². The van der Waals surface area contributed by atoms with Gasteiger partial charge in [-0.05, 0) is 12.8 Å². The van der Waals surface area contributed by atoms with Gasteiger partial charge in [-0.1, -0.05) is 66.0 Å². The maximum Gasteiger partial charge on any atom is 0.220 e. The van der Waals surface area contributed by atoms with Gasteiger partial charge < -0.3 is 10.6 Å². The van der Waals surface area contributed by atoms with Crippen LogP contribution in [0.4, 0.5) is 0 Å². The standard InChI is InChI=1S/C18H40N2O2Si2/c1-9-11-13-19-17(21)15(23(3,4)5)16(24(6,7)8)18(22)20-14-12-10-2/h15-16H,9-14H2,1-8H3,(H,19,21)(H,20,22)/t15-,16-/m1/s1. The Morgan fingerprint density at radius 1 is 0.708 bits per heavy atom. The average Bonchev–Trinajstić information content (AvgIpc) is 2.42. The van der Waals surface area contributed by atoms with Gasteiger partial charge in [0.05, 0.1) is 16.1 Å². The lowest BCUT2D eigenvalue weighted by Crippen LogP contribution is -2.53. The topological polar surface area (TPSA) is 58.2 Å². The molecule has 0 aliphatic heterocycles. The van der Waals surface area contributed by atoms with Gasteiger partial charge in [0.2, 0.25) is 11.8 Å². The van der Waals surface area contributed by atoms with Gasteiger partial charge in [-0.2, -0.15) is 0 Å². The van der Waals surface area contributed by atoms with Crippen LogP contribution in [0.25, 0.3) is 0 Å². The first-order valence-corrected chi connectivity index (χ1v) is 16.7. The molecule has 0 aliphatic carbocycles. The van der Waals surface area contributed by atoms with Crippen LogP contribution in [0.5, 0.6) is 0 Å². The van der Waals surface area contributed by atoms with Gasteiger partial charge in [-0.3, -0.25) is 9.59 Å². The normalized spacial score (nSPS) is 14.8. The Bertz CT molecular complexity index is 363. The first-order valence-electron chi connectivity index (χ1n) is 9.52. The van der Waals surface area contributed by atoms with Crippen molar-refractivity contribution in [1.82, 2.24) is 10.6 Å². The van der Waals surface area contributed by atoms with E-state index in [1.54, 1.807) is 0 Å². The predicted octanol–water partition coefficient (Wildman–Crippen LogP) is 4.24. The quantitative estimate of drug-likeness (QED) is 0.421. The van der Waals surface area contributed by atoms with E-state index in [0.29, 0.717) is 13.1 Å². The second-order valence-corrected chi connectivity index (χ2v) is 19.7. The minimum atomic E-state index is -1.83. The number of unbranched alkanes of at least 4 members (excludes halogenated alkanes) is 2. The van der Waals surface area contributed by atoms with Crippen LogP contribution in [0.15, 0.2) is 0 Å². The van der Waals surface area contributed by atoms with Gasteiger partial charge in [-0.15, -0.1) is 0 Å². The van der Waals surface area contributed by atoms with Crippen molar-refractivity contribution in [2.45, 2.75) is 89.9 Å². The third-order valence-electron chi connectivity index (χ3n) is 4.42. The largest absolute Gasteiger partial charge is 0.356 e. The van der Waals surface area contributed by atoms with E-state index in [1.165, 1.54) is 0 Å². The van der Waals surface area contributed by atoms with Crippen molar-refractivity contribution in [3.05, 3.63) is 0 Å². The highest BCUT2D eigenvalue weighted by molar-refractivity contribution is 6.87. The zero-order valence-corrected chi connectivity index (χ0v) is 19.2. The minimum Gasteiger partial charge on any atom is -0.356 e. The van der Waals surface area contributed by atoms with Crippen molar-refractivity contribution in [2.24, 2.45) is 0 Å². The molecule has 2 atom stereocenters. The van der Waals surface area contributed by atoms with Gasteiger partial charge in [0.25, 0.3) is 0 Å². The molecule has 24 heavy (non-hydrogen) atoms. The molecule has 4 nitrogen and oxygen atoms in total. The molecule has 0 aromatic heterocycles. The summed E-state index contributed by atoms with van der Waals surface area (Å²) in [6.45, 7) is 18.9. The van der Waals surface area contributed by atoms with Crippen molar-refractivity contribution in [1.29, 1.82) is 0 Å². The Morgan fingerprint density at radius 2 is 1.00 bits per heavy atom. The molecule has 0 aromatic carbocycles. The second kappa shape index (κ2) is 10.4. The molecular formula is C18H40N2O2Si2. The zero-order valence-electron chi connectivity index (χ0n) is 17.2. The van der Waals surface area contributed by atoms with E-state index in [1.807, 2.05) is 0 Å². The summed E-state index contributed by atoms with van der Waals surface area (Å²) in [6, 6.07) is 0. The van der Waals surface area contributed by atoms with Crippen LogP contribution in [0, 0.1) is 0 Å². The lowest BCUT2D eigenvalue weighted by atomic mass is 10.2. The summed E-state index contributed by atoms with van der Waals surface area (Å²) in [5, 5.41) is 6.21. The molecule has 6 heteroatoms. The van der Waals surface area contributed by atoms with Crippen LogP contribution in [0.3, 0.4) is 0 Å². The summed E-state index contributed by atoms with van der Waals surface area (Å²) < 4.78 is 0. The lowest BCUT2D eigenvalue weighted by Gasteiger charge is -2.40. The van der Waals surface area contributed by atoms with Gasteiger partial charge in [-0.25, -0.2) is 0 Å². The maximum atomic E-state index is 13.0. The third-order valence-corrected chi connectivity index (χ3v) is 9.68. The Morgan fingerprint density at radius 3 is 1.21 bits per heavy atom. The molecule has 0 bridgehead atoms. The maximum absolute atomic E-state index is 13.0. The van der Waals surface area contributed by atoms with Gasteiger partial charge >= 0.3 is 0 Å². The van der Waals surface area contributed by atoms with Crippen LogP contribution in [-0.4, -0.2) is 41.1 Å². The van der Waals surface area contributed by atoms with Crippen molar-refractivity contribution in [3.63, 3.8) is 0 Å². The second-order valence-electron chi connectivity index (χ2n) is 8.98. The fourth-order valence-corrected chi connectivity index (χ4v) is 10.2. The van der Waals surface area contributed by atoms with Gasteiger partial charge in [0, 0.05) is 24.2 Å². The molecule has 0 aliphatic rings. The minimum absolute atomic E-state index is 0.0979. The molecule has 0 heterocycles. The number of carbonyl (C=O) groups excluding carboxylic acids is 2. The number of carbonyl (C=O) groups is 2. The summed E-state index contributed by atoms with van der Waals surface area (Å²) in [6.07, 6.45) is 4.11. The number of amides is 2. The van der Waals surface area contributed by atoms with E-state index in [-0.39, 0.29) is 22.9 Å². The molecule has 142 valence electrons. The Balaban J connectivity index is 5.44. The third kappa shape index (κ3) is 7.97. The van der Waals surface area contributed by atoms with Crippen LogP contribution >= 0.6 is 0 Å². The number of rotatable bonds is 11. The van der Waals surface area contributed by atoms with E-state index in [0.717, 1.165) is 25.7 Å². The van der Waals surface area contributed by atoms with Gasteiger partial charge in [0.15, 0.2) is 0 Å². The lowest BCUT2D eigenvalue weighted by molar-refractivity contribution is -0.126. The monoisotopic (exact) mass is 372 g/mol. The number of hydrogen-bond acceptors (Lipinski definition) is 2. The predicted molar refractivity (Wildman–Crippen MR) is 110 cm³/mol. The number of hydrogen-bond donors (Lipinski definition) is 2. The molecule has 0 saturated heterocycles. The van der Waals surface area contributed by atoms with Crippen molar-refractivity contribution >= 4 is 28.0 Å². The Labute approximate surface area is 151 Å². The van der Waals surface area contributed by atoms with Crippen LogP contribution < -0.4 is 10.6 Å². The molecule has 0 rings (SSSR count). The smallest absolute Gasteiger partial charge is 0.220 e. The number of nitrogens with one attached hydrogen (secondary N) is 2.